The lowest BCUT2D eigenvalue weighted by Crippen LogP contribution is -2.58. The van der Waals surface area contributed by atoms with Crippen molar-refractivity contribution < 1.29 is 19.1 Å². The minimum atomic E-state index is -0.190. The summed E-state index contributed by atoms with van der Waals surface area (Å²) in [5.41, 5.74) is 3.37. The number of rotatable bonds is 1. The zero-order valence-electron chi connectivity index (χ0n) is 16.6. The number of carbonyl (C=O) groups excluding carboxylic acids is 2. The average molecular weight is 358 g/mol. The Morgan fingerprint density at radius 3 is 2.69 bits per heavy atom. The number of allylic oxidation sites excluding steroid dienone is 1. The second-order valence-electron chi connectivity index (χ2n) is 9.56. The SMILES string of the molecule is CC(=O)O[C@H]1CCC(C)(C)[C@H]2CCC3=CC4=C(C)C(=O)O[C@@H]4C[C@H]3[C@]12C. The molecule has 0 unspecified atom stereocenters. The molecule has 142 valence electrons. The van der Waals surface area contributed by atoms with Crippen molar-refractivity contribution in [2.24, 2.45) is 22.7 Å². The maximum Gasteiger partial charge on any atom is 0.334 e. The van der Waals surface area contributed by atoms with Gasteiger partial charge in [-0.15, -0.1) is 0 Å². The molecule has 0 amide bonds. The van der Waals surface area contributed by atoms with Gasteiger partial charge in [-0.25, -0.2) is 4.79 Å². The summed E-state index contributed by atoms with van der Waals surface area (Å²) in [5.74, 6) is 0.435. The Bertz CT molecular complexity index is 728. The lowest BCUT2D eigenvalue weighted by atomic mass is 9.45. The molecule has 3 aliphatic carbocycles. The number of esters is 2. The van der Waals surface area contributed by atoms with Gasteiger partial charge in [0.25, 0.3) is 0 Å². The summed E-state index contributed by atoms with van der Waals surface area (Å²) < 4.78 is 11.5. The fourth-order valence-corrected chi connectivity index (χ4v) is 6.50. The Balaban J connectivity index is 1.77. The van der Waals surface area contributed by atoms with Gasteiger partial charge in [0.1, 0.15) is 12.2 Å². The van der Waals surface area contributed by atoms with E-state index in [0.29, 0.717) is 11.8 Å². The van der Waals surface area contributed by atoms with Gasteiger partial charge in [-0.05, 0) is 56.3 Å². The van der Waals surface area contributed by atoms with Crippen LogP contribution in [0, 0.1) is 22.7 Å². The van der Waals surface area contributed by atoms with E-state index in [1.165, 1.54) is 12.5 Å². The van der Waals surface area contributed by atoms with Gasteiger partial charge in [0, 0.05) is 23.5 Å². The van der Waals surface area contributed by atoms with Gasteiger partial charge in [-0.1, -0.05) is 32.4 Å². The third-order valence-electron chi connectivity index (χ3n) is 7.79. The van der Waals surface area contributed by atoms with Crippen LogP contribution in [0.3, 0.4) is 0 Å². The summed E-state index contributed by atoms with van der Waals surface area (Å²) in [7, 11) is 0. The van der Waals surface area contributed by atoms with E-state index >= 15 is 0 Å². The van der Waals surface area contributed by atoms with Crippen molar-refractivity contribution in [3.8, 4) is 0 Å². The molecule has 5 atom stereocenters. The highest BCUT2D eigenvalue weighted by molar-refractivity contribution is 5.92. The van der Waals surface area contributed by atoms with Crippen LogP contribution >= 0.6 is 0 Å². The van der Waals surface area contributed by atoms with Crippen LogP contribution in [0.4, 0.5) is 0 Å². The fraction of sp³-hybridized carbons (Fsp3) is 0.727. The Hall–Kier alpha value is -1.58. The van der Waals surface area contributed by atoms with Crippen molar-refractivity contribution in [1.82, 2.24) is 0 Å². The summed E-state index contributed by atoms with van der Waals surface area (Å²) in [6.07, 6.45) is 7.05. The Kier molecular flexibility index (Phi) is 3.91. The van der Waals surface area contributed by atoms with Gasteiger partial charge in [-0.2, -0.15) is 0 Å². The largest absolute Gasteiger partial charge is 0.462 e. The molecule has 1 aliphatic heterocycles. The first-order valence-corrected chi connectivity index (χ1v) is 9.94. The molecule has 0 saturated heterocycles. The summed E-state index contributed by atoms with van der Waals surface area (Å²) >= 11 is 0. The third-order valence-corrected chi connectivity index (χ3v) is 7.79. The van der Waals surface area contributed by atoms with E-state index in [2.05, 4.69) is 26.8 Å². The second kappa shape index (κ2) is 5.71. The van der Waals surface area contributed by atoms with E-state index in [4.69, 9.17) is 9.47 Å². The summed E-state index contributed by atoms with van der Waals surface area (Å²) in [6, 6.07) is 0. The van der Waals surface area contributed by atoms with Crippen LogP contribution < -0.4 is 0 Å². The molecule has 26 heavy (non-hydrogen) atoms. The maximum atomic E-state index is 12.0. The monoisotopic (exact) mass is 358 g/mol. The normalized spacial score (nSPS) is 40.8. The second-order valence-corrected chi connectivity index (χ2v) is 9.56. The van der Waals surface area contributed by atoms with Gasteiger partial charge < -0.3 is 9.47 Å². The van der Waals surface area contributed by atoms with Crippen molar-refractivity contribution in [3.63, 3.8) is 0 Å². The highest BCUT2D eigenvalue weighted by Crippen LogP contribution is 2.64. The summed E-state index contributed by atoms with van der Waals surface area (Å²) in [6.45, 7) is 10.4. The Labute approximate surface area is 156 Å². The van der Waals surface area contributed by atoms with Crippen molar-refractivity contribution in [2.45, 2.75) is 78.9 Å². The number of hydrogen-bond acceptors (Lipinski definition) is 4. The van der Waals surface area contributed by atoms with Crippen LogP contribution in [0.2, 0.25) is 0 Å². The molecular weight excluding hydrogens is 328 g/mol. The molecule has 4 rings (SSSR count). The molecule has 0 spiro atoms. The first kappa shape index (κ1) is 17.8. The number of hydrogen-bond donors (Lipinski definition) is 0. The number of ether oxygens (including phenoxy) is 2. The zero-order valence-corrected chi connectivity index (χ0v) is 16.6. The van der Waals surface area contributed by atoms with Crippen LogP contribution in [0.25, 0.3) is 0 Å². The molecule has 0 aromatic rings. The molecule has 0 N–H and O–H groups in total. The molecule has 4 nitrogen and oxygen atoms in total. The molecule has 0 aromatic carbocycles. The molecular formula is C22H30O4. The third kappa shape index (κ3) is 2.40. The van der Waals surface area contributed by atoms with Gasteiger partial charge in [-0.3, -0.25) is 4.79 Å². The van der Waals surface area contributed by atoms with Crippen LogP contribution in [0.1, 0.15) is 66.7 Å². The van der Waals surface area contributed by atoms with Crippen LogP contribution in [-0.4, -0.2) is 24.1 Å². The predicted molar refractivity (Wildman–Crippen MR) is 98.2 cm³/mol. The molecule has 1 heterocycles. The lowest BCUT2D eigenvalue weighted by molar-refractivity contribution is -0.183. The van der Waals surface area contributed by atoms with E-state index in [1.54, 1.807) is 0 Å². The molecule has 2 fully saturated rings. The summed E-state index contributed by atoms with van der Waals surface area (Å²) in [4.78, 5) is 23.8. The molecule has 0 aromatic heterocycles. The first-order valence-electron chi connectivity index (χ1n) is 9.94. The van der Waals surface area contributed by atoms with Crippen LogP contribution in [0.15, 0.2) is 22.8 Å². The van der Waals surface area contributed by atoms with Gasteiger partial charge in [0.15, 0.2) is 0 Å². The first-order chi connectivity index (χ1) is 12.1. The van der Waals surface area contributed by atoms with Crippen LogP contribution in [-0.2, 0) is 19.1 Å². The minimum Gasteiger partial charge on any atom is -0.462 e. The van der Waals surface area contributed by atoms with E-state index in [0.717, 1.165) is 43.3 Å². The van der Waals surface area contributed by atoms with Crippen molar-refractivity contribution in [3.05, 3.63) is 22.8 Å². The summed E-state index contributed by atoms with van der Waals surface area (Å²) in [5, 5.41) is 0. The fourth-order valence-electron chi connectivity index (χ4n) is 6.50. The lowest BCUT2D eigenvalue weighted by Gasteiger charge is -2.61. The quantitative estimate of drug-likeness (QED) is 0.654. The van der Waals surface area contributed by atoms with Crippen molar-refractivity contribution in [2.75, 3.05) is 0 Å². The number of fused-ring (bicyclic) bond motifs is 4. The standard InChI is InChI=1S/C22H30O4/c1-12-15-10-14-6-7-18-21(3,4)9-8-19(25-13(2)23)22(18,5)16(14)11-17(15)26-20(12)24/h10,16-19H,6-9,11H2,1-5H3/t16-,17-,18-,19+,22+/m1/s1. The van der Waals surface area contributed by atoms with Crippen molar-refractivity contribution >= 4 is 11.9 Å². The van der Waals surface area contributed by atoms with Gasteiger partial charge in [0.2, 0.25) is 0 Å². The van der Waals surface area contributed by atoms with Crippen LogP contribution in [0.5, 0.6) is 0 Å². The average Bonchev–Trinajstić information content (AvgIpc) is 2.83. The van der Waals surface area contributed by atoms with Gasteiger partial charge in [0.05, 0.1) is 0 Å². The molecule has 4 heteroatoms. The van der Waals surface area contributed by atoms with Gasteiger partial charge >= 0.3 is 11.9 Å². The van der Waals surface area contributed by atoms with E-state index < -0.39 is 0 Å². The predicted octanol–water partition coefficient (Wildman–Crippen LogP) is 4.34. The van der Waals surface area contributed by atoms with Crippen molar-refractivity contribution in [1.29, 1.82) is 0 Å². The molecule has 4 aliphatic rings. The van der Waals surface area contributed by atoms with E-state index in [1.807, 2.05) is 6.92 Å². The molecule has 0 bridgehead atoms. The molecule has 2 saturated carbocycles. The highest BCUT2D eigenvalue weighted by Gasteiger charge is 2.60. The van der Waals surface area contributed by atoms with E-state index in [-0.39, 0.29) is 35.0 Å². The Morgan fingerprint density at radius 1 is 1.27 bits per heavy atom. The highest BCUT2D eigenvalue weighted by atomic mass is 16.6. The topological polar surface area (TPSA) is 52.6 Å². The maximum absolute atomic E-state index is 12.0. The zero-order chi connectivity index (χ0) is 18.9. The Morgan fingerprint density at radius 2 is 2.00 bits per heavy atom. The smallest absolute Gasteiger partial charge is 0.334 e. The minimum absolute atomic E-state index is 0.0598. The number of carbonyl (C=O) groups is 2. The molecule has 0 radical (unpaired) electrons. The van der Waals surface area contributed by atoms with E-state index in [9.17, 15) is 9.59 Å².